The van der Waals surface area contributed by atoms with Crippen molar-refractivity contribution in [3.63, 3.8) is 0 Å². The van der Waals surface area contributed by atoms with Crippen LogP contribution in [0, 0.1) is 6.92 Å². The van der Waals surface area contributed by atoms with Gasteiger partial charge in [-0.25, -0.2) is 4.68 Å². The molecule has 0 unspecified atom stereocenters. The zero-order valence-electron chi connectivity index (χ0n) is 12.3. The van der Waals surface area contributed by atoms with E-state index in [1.54, 1.807) is 16.9 Å². The Bertz CT molecular complexity index is 616. The van der Waals surface area contributed by atoms with Gasteiger partial charge in [0, 0.05) is 24.8 Å². The fraction of sp³-hybridized carbons (Fsp3) is 0.333. The van der Waals surface area contributed by atoms with E-state index >= 15 is 0 Å². The SMILES string of the molecule is CNc1cc(C)ccc1C(=O)Nc1ccnn1C(C)C. The lowest BCUT2D eigenvalue weighted by atomic mass is 10.1. The van der Waals surface area contributed by atoms with Crippen LogP contribution < -0.4 is 10.6 Å². The summed E-state index contributed by atoms with van der Waals surface area (Å²) in [7, 11) is 1.81. The number of carbonyl (C=O) groups is 1. The minimum atomic E-state index is -0.142. The molecule has 1 aromatic carbocycles. The van der Waals surface area contributed by atoms with Gasteiger partial charge in [0.05, 0.1) is 11.8 Å². The van der Waals surface area contributed by atoms with Crippen LogP contribution in [0.2, 0.25) is 0 Å². The standard InChI is InChI=1S/C15H20N4O/c1-10(2)19-14(7-8-17-19)18-15(20)12-6-5-11(3)9-13(12)16-4/h5-10,16H,1-4H3,(H,18,20). The van der Waals surface area contributed by atoms with Crippen molar-refractivity contribution in [3.8, 4) is 0 Å². The number of anilines is 2. The molecular formula is C15H20N4O. The summed E-state index contributed by atoms with van der Waals surface area (Å²) in [6.07, 6.45) is 1.68. The molecule has 1 amide bonds. The third-order valence-electron chi connectivity index (χ3n) is 3.09. The van der Waals surface area contributed by atoms with Crippen LogP contribution in [0.15, 0.2) is 30.5 Å². The maximum Gasteiger partial charge on any atom is 0.258 e. The van der Waals surface area contributed by atoms with E-state index in [0.717, 1.165) is 11.3 Å². The highest BCUT2D eigenvalue weighted by Gasteiger charge is 2.14. The molecule has 0 saturated heterocycles. The van der Waals surface area contributed by atoms with E-state index in [4.69, 9.17) is 0 Å². The molecule has 5 nitrogen and oxygen atoms in total. The number of nitrogens with zero attached hydrogens (tertiary/aromatic N) is 2. The van der Waals surface area contributed by atoms with Gasteiger partial charge in [-0.3, -0.25) is 4.79 Å². The predicted molar refractivity (Wildman–Crippen MR) is 81.3 cm³/mol. The quantitative estimate of drug-likeness (QED) is 0.899. The molecule has 0 aliphatic rings. The van der Waals surface area contributed by atoms with Crippen LogP contribution in [-0.2, 0) is 0 Å². The molecule has 0 aliphatic carbocycles. The van der Waals surface area contributed by atoms with E-state index in [2.05, 4.69) is 15.7 Å². The van der Waals surface area contributed by atoms with E-state index in [0.29, 0.717) is 11.4 Å². The van der Waals surface area contributed by atoms with Crippen LogP contribution >= 0.6 is 0 Å². The molecule has 106 valence electrons. The van der Waals surface area contributed by atoms with Crippen LogP contribution in [-0.4, -0.2) is 22.7 Å². The summed E-state index contributed by atoms with van der Waals surface area (Å²) < 4.78 is 1.78. The number of amides is 1. The second-order valence-electron chi connectivity index (χ2n) is 5.01. The monoisotopic (exact) mass is 272 g/mol. The van der Waals surface area contributed by atoms with Gasteiger partial charge in [-0.05, 0) is 38.5 Å². The van der Waals surface area contributed by atoms with Crippen molar-refractivity contribution in [1.29, 1.82) is 0 Å². The van der Waals surface area contributed by atoms with Crippen LogP contribution in [0.1, 0.15) is 35.8 Å². The number of nitrogens with one attached hydrogen (secondary N) is 2. The molecule has 0 spiro atoms. The van der Waals surface area contributed by atoms with Gasteiger partial charge in [0.15, 0.2) is 0 Å². The topological polar surface area (TPSA) is 59.0 Å². The van der Waals surface area contributed by atoms with E-state index in [1.807, 2.05) is 46.0 Å². The van der Waals surface area contributed by atoms with Gasteiger partial charge >= 0.3 is 0 Å². The Morgan fingerprint density at radius 1 is 1.30 bits per heavy atom. The minimum absolute atomic E-state index is 0.142. The van der Waals surface area contributed by atoms with Crippen molar-refractivity contribution in [2.24, 2.45) is 0 Å². The van der Waals surface area contributed by atoms with Crippen molar-refractivity contribution in [1.82, 2.24) is 9.78 Å². The molecule has 0 bridgehead atoms. The van der Waals surface area contributed by atoms with E-state index in [-0.39, 0.29) is 11.9 Å². The van der Waals surface area contributed by atoms with Crippen molar-refractivity contribution >= 4 is 17.4 Å². The molecule has 2 aromatic rings. The molecule has 0 radical (unpaired) electrons. The van der Waals surface area contributed by atoms with Crippen LogP contribution in [0.5, 0.6) is 0 Å². The first-order valence-corrected chi connectivity index (χ1v) is 6.66. The zero-order valence-corrected chi connectivity index (χ0v) is 12.3. The van der Waals surface area contributed by atoms with E-state index in [9.17, 15) is 4.79 Å². The van der Waals surface area contributed by atoms with Gasteiger partial charge in [-0.2, -0.15) is 5.10 Å². The summed E-state index contributed by atoms with van der Waals surface area (Å²) in [5.41, 5.74) is 2.55. The molecule has 0 fully saturated rings. The summed E-state index contributed by atoms with van der Waals surface area (Å²) in [6.45, 7) is 6.04. The lowest BCUT2D eigenvalue weighted by Crippen LogP contribution is -2.18. The van der Waals surface area contributed by atoms with Gasteiger partial charge in [-0.1, -0.05) is 6.07 Å². The Hall–Kier alpha value is -2.30. The summed E-state index contributed by atoms with van der Waals surface area (Å²) in [5.74, 6) is 0.560. The number of carbonyl (C=O) groups excluding carboxylic acids is 1. The number of hydrogen-bond acceptors (Lipinski definition) is 3. The lowest BCUT2D eigenvalue weighted by molar-refractivity contribution is 0.102. The van der Waals surface area contributed by atoms with Gasteiger partial charge in [0.1, 0.15) is 5.82 Å². The predicted octanol–water partition coefficient (Wildman–Crippen LogP) is 3.07. The van der Waals surface area contributed by atoms with Gasteiger partial charge in [0.2, 0.25) is 0 Å². The second kappa shape index (κ2) is 5.77. The highest BCUT2D eigenvalue weighted by molar-refractivity contribution is 6.07. The highest BCUT2D eigenvalue weighted by Crippen LogP contribution is 2.20. The normalized spacial score (nSPS) is 10.7. The summed E-state index contributed by atoms with van der Waals surface area (Å²) >= 11 is 0. The third kappa shape index (κ3) is 2.82. The third-order valence-corrected chi connectivity index (χ3v) is 3.09. The average Bonchev–Trinajstić information content (AvgIpc) is 2.86. The molecule has 1 aromatic heterocycles. The van der Waals surface area contributed by atoms with Crippen LogP contribution in [0.4, 0.5) is 11.5 Å². The van der Waals surface area contributed by atoms with Crippen LogP contribution in [0.25, 0.3) is 0 Å². The molecule has 0 saturated carbocycles. The van der Waals surface area contributed by atoms with Crippen molar-refractivity contribution < 1.29 is 4.79 Å². The first-order chi connectivity index (χ1) is 9.52. The maximum atomic E-state index is 12.4. The summed E-state index contributed by atoms with van der Waals surface area (Å²) in [5, 5.41) is 10.2. The van der Waals surface area contributed by atoms with Crippen LogP contribution in [0.3, 0.4) is 0 Å². The molecular weight excluding hydrogens is 252 g/mol. The highest BCUT2D eigenvalue weighted by atomic mass is 16.1. The van der Waals surface area contributed by atoms with Crippen molar-refractivity contribution in [2.45, 2.75) is 26.8 Å². The van der Waals surface area contributed by atoms with Gasteiger partial charge in [0.25, 0.3) is 5.91 Å². The molecule has 20 heavy (non-hydrogen) atoms. The number of hydrogen-bond donors (Lipinski definition) is 2. The first kappa shape index (κ1) is 14.1. The summed E-state index contributed by atoms with van der Waals surface area (Å²) in [4.78, 5) is 12.4. The molecule has 2 rings (SSSR count). The molecule has 1 heterocycles. The van der Waals surface area contributed by atoms with E-state index < -0.39 is 0 Å². The smallest absolute Gasteiger partial charge is 0.258 e. The molecule has 0 aliphatic heterocycles. The number of aryl methyl sites for hydroxylation is 1. The van der Waals surface area contributed by atoms with Crippen molar-refractivity contribution in [3.05, 3.63) is 41.6 Å². The fourth-order valence-electron chi connectivity index (χ4n) is 2.07. The minimum Gasteiger partial charge on any atom is -0.387 e. The molecule has 5 heteroatoms. The Morgan fingerprint density at radius 2 is 2.05 bits per heavy atom. The number of benzene rings is 1. The van der Waals surface area contributed by atoms with Crippen molar-refractivity contribution in [2.75, 3.05) is 17.7 Å². The average molecular weight is 272 g/mol. The Balaban J connectivity index is 2.26. The largest absolute Gasteiger partial charge is 0.387 e. The van der Waals surface area contributed by atoms with E-state index in [1.165, 1.54) is 0 Å². The molecule has 2 N–H and O–H groups in total. The zero-order chi connectivity index (χ0) is 14.7. The Labute approximate surface area is 119 Å². The first-order valence-electron chi connectivity index (χ1n) is 6.66. The van der Waals surface area contributed by atoms with Gasteiger partial charge in [-0.15, -0.1) is 0 Å². The summed E-state index contributed by atoms with van der Waals surface area (Å²) in [6, 6.07) is 7.70. The number of rotatable bonds is 4. The van der Waals surface area contributed by atoms with Gasteiger partial charge < -0.3 is 10.6 Å². The fourth-order valence-corrected chi connectivity index (χ4v) is 2.07. The lowest BCUT2D eigenvalue weighted by Gasteiger charge is -2.13. The molecule has 0 atom stereocenters. The maximum absolute atomic E-state index is 12.4. The Kier molecular flexibility index (Phi) is 4.08. The Morgan fingerprint density at radius 3 is 2.70 bits per heavy atom. The number of aromatic nitrogens is 2. The second-order valence-corrected chi connectivity index (χ2v) is 5.01.